The van der Waals surface area contributed by atoms with Crippen molar-refractivity contribution in [1.29, 1.82) is 0 Å². The van der Waals surface area contributed by atoms with Gasteiger partial charge in [-0.3, -0.25) is 4.79 Å². The normalized spacial score (nSPS) is 33.5. The topological polar surface area (TPSA) is 61.4 Å². The summed E-state index contributed by atoms with van der Waals surface area (Å²) in [5.74, 6) is 1.32. The Morgan fingerprint density at radius 3 is 2.38 bits per heavy atom. The van der Waals surface area contributed by atoms with Gasteiger partial charge in [-0.2, -0.15) is 0 Å². The van der Waals surface area contributed by atoms with Crippen LogP contribution in [0.3, 0.4) is 0 Å². The number of carbonyl (C=O) groups excluding carboxylic acids is 2. The van der Waals surface area contributed by atoms with Crippen molar-refractivity contribution in [2.45, 2.75) is 90.1 Å². The molecule has 0 aromatic heterocycles. The van der Waals surface area contributed by atoms with Crippen LogP contribution >= 0.6 is 0 Å². The van der Waals surface area contributed by atoms with Gasteiger partial charge >= 0.3 is 6.03 Å². The number of urea groups is 1. The second kappa shape index (κ2) is 9.09. The molecule has 1 aliphatic heterocycles. The van der Waals surface area contributed by atoms with Gasteiger partial charge in [0.25, 0.3) is 0 Å². The average molecular weight is 364 g/mol. The van der Waals surface area contributed by atoms with Crippen molar-refractivity contribution in [2.75, 3.05) is 13.1 Å². The van der Waals surface area contributed by atoms with E-state index < -0.39 is 0 Å². The van der Waals surface area contributed by atoms with Crippen LogP contribution < -0.4 is 10.6 Å². The Balaban J connectivity index is 1.49. The van der Waals surface area contributed by atoms with Gasteiger partial charge in [0.1, 0.15) is 0 Å². The van der Waals surface area contributed by atoms with Gasteiger partial charge in [-0.15, -0.1) is 0 Å². The van der Waals surface area contributed by atoms with E-state index in [1.165, 1.54) is 32.1 Å². The van der Waals surface area contributed by atoms with E-state index in [4.69, 9.17) is 0 Å². The molecule has 26 heavy (non-hydrogen) atoms. The predicted molar refractivity (Wildman–Crippen MR) is 104 cm³/mol. The second-order valence-corrected chi connectivity index (χ2v) is 8.95. The lowest BCUT2D eigenvalue weighted by Crippen LogP contribution is -2.53. The van der Waals surface area contributed by atoms with Crippen molar-refractivity contribution in [3.8, 4) is 0 Å². The van der Waals surface area contributed by atoms with E-state index in [0.29, 0.717) is 24.4 Å². The predicted octanol–water partition coefficient (Wildman–Crippen LogP) is 3.68. The molecule has 5 heteroatoms. The van der Waals surface area contributed by atoms with Crippen LogP contribution in [0, 0.1) is 17.8 Å². The van der Waals surface area contributed by atoms with Crippen LogP contribution in [0.1, 0.15) is 78.1 Å². The van der Waals surface area contributed by atoms with Crippen molar-refractivity contribution >= 4 is 11.9 Å². The zero-order valence-electron chi connectivity index (χ0n) is 16.6. The standard InChI is InChI=1S/C21H37N3O2/c1-15-8-6-12-19(16(15)2)23-21(26)24-13-7-9-17(14-24)20(25)22-18-10-4-3-5-11-18/h15-19H,3-14H2,1-2H3,(H,22,25)(H,23,26)/t15-,16+,17-,19+/m1/s1. The number of nitrogens with one attached hydrogen (secondary N) is 2. The molecule has 3 amide bonds. The molecular formula is C21H37N3O2. The lowest BCUT2D eigenvalue weighted by atomic mass is 9.78. The Hall–Kier alpha value is -1.26. The minimum atomic E-state index is -0.0425. The van der Waals surface area contributed by atoms with Crippen molar-refractivity contribution in [3.63, 3.8) is 0 Å². The molecule has 0 spiro atoms. The number of piperidine rings is 1. The molecule has 148 valence electrons. The molecule has 3 aliphatic rings. The Bertz CT molecular complexity index is 490. The Morgan fingerprint density at radius 1 is 0.846 bits per heavy atom. The van der Waals surface area contributed by atoms with E-state index in [2.05, 4.69) is 24.5 Å². The quantitative estimate of drug-likeness (QED) is 0.803. The van der Waals surface area contributed by atoms with Crippen LogP contribution in [0.4, 0.5) is 4.79 Å². The first-order chi connectivity index (χ1) is 12.5. The third-order valence-electron chi connectivity index (χ3n) is 7.05. The summed E-state index contributed by atoms with van der Waals surface area (Å²) in [4.78, 5) is 27.3. The molecule has 0 unspecified atom stereocenters. The summed E-state index contributed by atoms with van der Waals surface area (Å²) in [5, 5.41) is 6.51. The molecule has 3 rings (SSSR count). The van der Waals surface area contributed by atoms with Crippen LogP contribution in [-0.4, -0.2) is 42.0 Å². The molecule has 2 N–H and O–H groups in total. The molecule has 5 nitrogen and oxygen atoms in total. The molecule has 0 radical (unpaired) electrons. The maximum atomic E-state index is 12.8. The summed E-state index contributed by atoms with van der Waals surface area (Å²) in [6.07, 6.45) is 11.3. The fourth-order valence-corrected chi connectivity index (χ4v) is 4.98. The summed E-state index contributed by atoms with van der Waals surface area (Å²) in [5.41, 5.74) is 0. The molecule has 2 aliphatic carbocycles. The van der Waals surface area contributed by atoms with Gasteiger partial charge in [0.2, 0.25) is 5.91 Å². The highest BCUT2D eigenvalue weighted by molar-refractivity contribution is 5.81. The van der Waals surface area contributed by atoms with E-state index >= 15 is 0 Å². The Kier molecular flexibility index (Phi) is 6.82. The average Bonchev–Trinajstić information content (AvgIpc) is 2.66. The Morgan fingerprint density at radius 2 is 1.62 bits per heavy atom. The number of carbonyl (C=O) groups is 2. The van der Waals surface area contributed by atoms with Gasteiger partial charge in [-0.1, -0.05) is 46.0 Å². The molecule has 1 heterocycles. The first kappa shape index (κ1) is 19.5. The van der Waals surface area contributed by atoms with Crippen LogP contribution in [0.15, 0.2) is 0 Å². The zero-order valence-corrected chi connectivity index (χ0v) is 16.6. The number of hydrogen-bond donors (Lipinski definition) is 2. The molecule has 2 saturated carbocycles. The third-order valence-corrected chi connectivity index (χ3v) is 7.05. The lowest BCUT2D eigenvalue weighted by molar-refractivity contribution is -0.127. The molecule has 0 aromatic carbocycles. The van der Waals surface area contributed by atoms with Crippen molar-refractivity contribution in [1.82, 2.24) is 15.5 Å². The largest absolute Gasteiger partial charge is 0.353 e. The molecule has 1 saturated heterocycles. The van der Waals surface area contributed by atoms with E-state index in [1.54, 1.807) is 0 Å². The molecule has 3 fully saturated rings. The van der Waals surface area contributed by atoms with Crippen LogP contribution in [-0.2, 0) is 4.79 Å². The van der Waals surface area contributed by atoms with Gasteiger partial charge in [0.15, 0.2) is 0 Å². The summed E-state index contributed by atoms with van der Waals surface area (Å²) in [6.45, 7) is 5.89. The smallest absolute Gasteiger partial charge is 0.317 e. The second-order valence-electron chi connectivity index (χ2n) is 8.95. The minimum absolute atomic E-state index is 0.0334. The summed E-state index contributed by atoms with van der Waals surface area (Å²) in [7, 11) is 0. The zero-order chi connectivity index (χ0) is 18.5. The van der Waals surface area contributed by atoms with Gasteiger partial charge in [0, 0.05) is 25.2 Å². The monoisotopic (exact) mass is 363 g/mol. The lowest BCUT2D eigenvalue weighted by Gasteiger charge is -2.38. The van der Waals surface area contributed by atoms with Crippen molar-refractivity contribution in [3.05, 3.63) is 0 Å². The van der Waals surface area contributed by atoms with Crippen LogP contribution in [0.25, 0.3) is 0 Å². The van der Waals surface area contributed by atoms with Gasteiger partial charge in [0.05, 0.1) is 5.92 Å². The first-order valence-electron chi connectivity index (χ1n) is 10.9. The molecule has 0 bridgehead atoms. The van der Waals surface area contributed by atoms with Crippen molar-refractivity contribution < 1.29 is 9.59 Å². The summed E-state index contributed by atoms with van der Waals surface area (Å²) in [6, 6.07) is 0.666. The number of nitrogens with zero attached hydrogens (tertiary/aromatic N) is 1. The highest BCUT2D eigenvalue weighted by Gasteiger charge is 2.33. The Labute approximate surface area is 158 Å². The maximum absolute atomic E-state index is 12.8. The molecule has 0 aromatic rings. The van der Waals surface area contributed by atoms with E-state index in [1.807, 2.05) is 4.90 Å². The highest BCUT2D eigenvalue weighted by atomic mass is 16.2. The first-order valence-corrected chi connectivity index (χ1v) is 10.9. The van der Waals surface area contributed by atoms with Gasteiger partial charge in [-0.05, 0) is 43.9 Å². The number of rotatable bonds is 3. The number of amides is 3. The fraction of sp³-hybridized carbons (Fsp3) is 0.905. The molecular weight excluding hydrogens is 326 g/mol. The maximum Gasteiger partial charge on any atom is 0.317 e. The highest BCUT2D eigenvalue weighted by Crippen LogP contribution is 2.30. The fourth-order valence-electron chi connectivity index (χ4n) is 4.98. The number of likely N-dealkylation sites (tertiary alicyclic amines) is 1. The van der Waals surface area contributed by atoms with E-state index in [9.17, 15) is 9.59 Å². The van der Waals surface area contributed by atoms with Crippen molar-refractivity contribution in [2.24, 2.45) is 17.8 Å². The third kappa shape index (κ3) is 4.92. The summed E-state index contributed by atoms with van der Waals surface area (Å²) >= 11 is 0. The number of hydrogen-bond acceptors (Lipinski definition) is 2. The minimum Gasteiger partial charge on any atom is -0.353 e. The molecule has 4 atom stereocenters. The van der Waals surface area contributed by atoms with E-state index in [0.717, 1.165) is 38.6 Å². The summed E-state index contributed by atoms with van der Waals surface area (Å²) < 4.78 is 0. The van der Waals surface area contributed by atoms with Crippen LogP contribution in [0.2, 0.25) is 0 Å². The van der Waals surface area contributed by atoms with Gasteiger partial charge < -0.3 is 15.5 Å². The van der Waals surface area contributed by atoms with Crippen LogP contribution in [0.5, 0.6) is 0 Å². The SMILES string of the molecule is C[C@H]1[C@H](C)CCC[C@@H]1NC(=O)N1CCC[C@@H](C(=O)NC2CCCCC2)C1. The van der Waals surface area contributed by atoms with E-state index in [-0.39, 0.29) is 23.9 Å². The van der Waals surface area contributed by atoms with Gasteiger partial charge in [-0.25, -0.2) is 4.79 Å².